The van der Waals surface area contributed by atoms with E-state index in [0.29, 0.717) is 6.42 Å². The molecule has 2 N–H and O–H groups in total. The number of aromatic nitrogens is 4. The average molecular weight is 412 g/mol. The number of aromatic amines is 1. The molecule has 11 heteroatoms. The summed E-state index contributed by atoms with van der Waals surface area (Å²) >= 11 is 0. The van der Waals surface area contributed by atoms with Crippen molar-refractivity contribution in [2.45, 2.75) is 44.6 Å². The molecule has 3 aromatic heterocycles. The molecule has 4 heterocycles. The third-order valence-electron chi connectivity index (χ3n) is 5.09. The number of hydrogen-bond donors (Lipinski definition) is 2. The summed E-state index contributed by atoms with van der Waals surface area (Å²) in [5, 5.41) is 0. The van der Waals surface area contributed by atoms with Gasteiger partial charge in [0.15, 0.2) is 5.65 Å². The lowest BCUT2D eigenvalue weighted by Crippen LogP contribution is -2.61. The molecule has 1 fully saturated rings. The van der Waals surface area contributed by atoms with Gasteiger partial charge in [0.05, 0.1) is 36.5 Å². The van der Waals surface area contributed by atoms with Gasteiger partial charge in [0.2, 0.25) is 0 Å². The second-order valence-corrected chi connectivity index (χ2v) is 9.04. The summed E-state index contributed by atoms with van der Waals surface area (Å²) in [4.78, 5) is 12.0. The fourth-order valence-corrected chi connectivity index (χ4v) is 5.16. The zero-order chi connectivity index (χ0) is 20.1. The van der Waals surface area contributed by atoms with Gasteiger partial charge >= 0.3 is 0 Å². The van der Waals surface area contributed by atoms with Crippen molar-refractivity contribution in [2.75, 3.05) is 13.1 Å². The molecular formula is C17H22F2N6O2S. The number of nitrogens with zero attached hydrogens (tertiary/aromatic N) is 4. The van der Waals surface area contributed by atoms with Gasteiger partial charge in [-0.3, -0.25) is 4.40 Å². The number of hydrogen-bond acceptors (Lipinski definition) is 4. The van der Waals surface area contributed by atoms with Crippen LogP contribution in [0.4, 0.5) is 8.78 Å². The number of halogens is 2. The Morgan fingerprint density at radius 3 is 2.71 bits per heavy atom. The van der Waals surface area contributed by atoms with Crippen molar-refractivity contribution in [3.05, 3.63) is 30.5 Å². The van der Waals surface area contributed by atoms with E-state index in [1.807, 2.05) is 17.4 Å². The largest absolute Gasteiger partial charge is 0.345 e. The van der Waals surface area contributed by atoms with E-state index in [9.17, 15) is 17.2 Å². The lowest BCUT2D eigenvalue weighted by molar-refractivity contribution is -0.0950. The van der Waals surface area contributed by atoms with Crippen LogP contribution in [0.2, 0.25) is 0 Å². The summed E-state index contributed by atoms with van der Waals surface area (Å²) in [5.74, 6) is -2.13. The monoisotopic (exact) mass is 412 g/mol. The quantitative estimate of drug-likeness (QED) is 0.622. The highest BCUT2D eigenvalue weighted by atomic mass is 32.2. The second kappa shape index (κ2) is 6.75. The molecule has 2 unspecified atom stereocenters. The zero-order valence-corrected chi connectivity index (χ0v) is 16.4. The Labute approximate surface area is 161 Å². The first-order chi connectivity index (χ1) is 13.2. The fourth-order valence-electron chi connectivity index (χ4n) is 3.69. The molecule has 0 radical (unpaired) electrons. The van der Waals surface area contributed by atoms with Crippen molar-refractivity contribution in [1.82, 2.24) is 28.4 Å². The highest BCUT2D eigenvalue weighted by Crippen LogP contribution is 2.30. The van der Waals surface area contributed by atoms with Gasteiger partial charge in [0.25, 0.3) is 16.1 Å². The summed E-state index contributed by atoms with van der Waals surface area (Å²) in [6, 6.07) is 1.49. The number of alkyl halides is 2. The number of imidazole rings is 1. The van der Waals surface area contributed by atoms with E-state index in [1.54, 1.807) is 25.5 Å². The predicted octanol–water partition coefficient (Wildman–Crippen LogP) is 2.27. The standard InChI is InChI=1S/C17H22F2N6O2S/c1-3-12(6-11(2)23-28(26,27)24-9-17(18,19)10-24)16-22-8-13-7-21-15-14(25(13)16)4-5-20-15/h4-5,7-8,11-12,20,23H,3,6,9-10H2,1-2H3. The van der Waals surface area contributed by atoms with Gasteiger partial charge < -0.3 is 4.98 Å². The summed E-state index contributed by atoms with van der Waals surface area (Å²) in [7, 11) is -3.92. The summed E-state index contributed by atoms with van der Waals surface area (Å²) < 4.78 is 55.8. The van der Waals surface area contributed by atoms with E-state index in [2.05, 4.69) is 19.7 Å². The second-order valence-electron chi connectivity index (χ2n) is 7.34. The van der Waals surface area contributed by atoms with Gasteiger partial charge in [-0.05, 0) is 25.8 Å². The van der Waals surface area contributed by atoms with E-state index in [0.717, 1.165) is 33.2 Å². The van der Waals surface area contributed by atoms with Crippen molar-refractivity contribution in [3.63, 3.8) is 0 Å². The topological polar surface area (TPSA) is 95.4 Å². The number of H-pyrrole nitrogens is 1. The van der Waals surface area contributed by atoms with E-state index >= 15 is 0 Å². The average Bonchev–Trinajstić information content (AvgIpc) is 3.22. The van der Waals surface area contributed by atoms with E-state index in [1.165, 1.54) is 0 Å². The van der Waals surface area contributed by atoms with Crippen molar-refractivity contribution < 1.29 is 17.2 Å². The van der Waals surface area contributed by atoms with Crippen LogP contribution in [0.5, 0.6) is 0 Å². The molecule has 8 nitrogen and oxygen atoms in total. The van der Waals surface area contributed by atoms with Crippen molar-refractivity contribution in [2.24, 2.45) is 0 Å². The van der Waals surface area contributed by atoms with Crippen LogP contribution in [0, 0.1) is 0 Å². The van der Waals surface area contributed by atoms with E-state index in [-0.39, 0.29) is 5.92 Å². The molecule has 0 amide bonds. The molecule has 4 rings (SSSR count). The minimum Gasteiger partial charge on any atom is -0.345 e. The minimum atomic E-state index is -3.92. The van der Waals surface area contributed by atoms with Gasteiger partial charge in [-0.25, -0.2) is 18.7 Å². The maximum absolute atomic E-state index is 13.0. The SMILES string of the molecule is CCC(CC(C)NS(=O)(=O)N1CC(F)(F)C1)c1ncc2cnc3[nH]ccc3n12. The molecule has 0 aliphatic carbocycles. The van der Waals surface area contributed by atoms with Crippen LogP contribution >= 0.6 is 0 Å². The van der Waals surface area contributed by atoms with Crippen molar-refractivity contribution in [1.29, 1.82) is 0 Å². The Morgan fingerprint density at radius 1 is 1.32 bits per heavy atom. The molecule has 3 aromatic rings. The Balaban J connectivity index is 1.54. The first-order valence-corrected chi connectivity index (χ1v) is 10.6. The van der Waals surface area contributed by atoms with Gasteiger partial charge in [-0.1, -0.05) is 6.92 Å². The fraction of sp³-hybridized carbons (Fsp3) is 0.529. The number of nitrogens with one attached hydrogen (secondary N) is 2. The molecule has 28 heavy (non-hydrogen) atoms. The van der Waals surface area contributed by atoms with Crippen LogP contribution in [0.3, 0.4) is 0 Å². The molecule has 1 saturated heterocycles. The van der Waals surface area contributed by atoms with Crippen LogP contribution in [0.15, 0.2) is 24.7 Å². The molecule has 0 spiro atoms. The molecule has 0 aromatic carbocycles. The normalized spacial score (nSPS) is 19.7. The minimum absolute atomic E-state index is 0.0152. The molecule has 1 aliphatic heterocycles. The van der Waals surface area contributed by atoms with Crippen molar-refractivity contribution >= 4 is 26.9 Å². The first-order valence-electron chi connectivity index (χ1n) is 9.15. The van der Waals surface area contributed by atoms with Crippen LogP contribution in [0.1, 0.15) is 38.4 Å². The Kier molecular flexibility index (Phi) is 4.63. The Hall–Kier alpha value is -2.11. The third kappa shape index (κ3) is 3.38. The third-order valence-corrected chi connectivity index (χ3v) is 6.73. The highest BCUT2D eigenvalue weighted by Gasteiger charge is 2.49. The van der Waals surface area contributed by atoms with Gasteiger partial charge in [-0.2, -0.15) is 17.4 Å². The van der Waals surface area contributed by atoms with Crippen LogP contribution in [-0.4, -0.2) is 57.1 Å². The maximum atomic E-state index is 13.0. The van der Waals surface area contributed by atoms with Crippen LogP contribution in [0.25, 0.3) is 16.7 Å². The molecule has 152 valence electrons. The molecule has 0 saturated carbocycles. The highest BCUT2D eigenvalue weighted by molar-refractivity contribution is 7.87. The smallest absolute Gasteiger partial charge is 0.280 e. The molecule has 1 aliphatic rings. The van der Waals surface area contributed by atoms with Crippen LogP contribution in [-0.2, 0) is 10.2 Å². The Bertz CT molecular complexity index is 1100. The lowest BCUT2D eigenvalue weighted by Gasteiger charge is -2.38. The summed E-state index contributed by atoms with van der Waals surface area (Å²) in [5.41, 5.74) is 2.50. The van der Waals surface area contributed by atoms with E-state index < -0.39 is 35.3 Å². The summed E-state index contributed by atoms with van der Waals surface area (Å²) in [6.45, 7) is 2.21. The maximum Gasteiger partial charge on any atom is 0.280 e. The van der Waals surface area contributed by atoms with Gasteiger partial charge in [-0.15, -0.1) is 0 Å². The molecule has 0 bridgehead atoms. The number of fused-ring (bicyclic) bond motifs is 3. The van der Waals surface area contributed by atoms with E-state index in [4.69, 9.17) is 0 Å². The lowest BCUT2D eigenvalue weighted by atomic mass is 9.97. The van der Waals surface area contributed by atoms with Crippen molar-refractivity contribution in [3.8, 4) is 0 Å². The predicted molar refractivity (Wildman–Crippen MR) is 101 cm³/mol. The Morgan fingerprint density at radius 2 is 2.04 bits per heavy atom. The summed E-state index contributed by atoms with van der Waals surface area (Å²) in [6.07, 6.45) is 6.53. The van der Waals surface area contributed by atoms with Gasteiger partial charge in [0, 0.05) is 18.2 Å². The molecule has 2 atom stereocenters. The zero-order valence-electron chi connectivity index (χ0n) is 15.6. The van der Waals surface area contributed by atoms with Gasteiger partial charge in [0.1, 0.15) is 5.82 Å². The number of rotatable bonds is 7. The first kappa shape index (κ1) is 19.2. The molecular weight excluding hydrogens is 390 g/mol. The van der Waals surface area contributed by atoms with Crippen LogP contribution < -0.4 is 4.72 Å².